The molecule has 208 valence electrons. The second-order valence-corrected chi connectivity index (χ2v) is 10.9. The molecule has 40 heavy (non-hydrogen) atoms. The van der Waals surface area contributed by atoms with E-state index in [4.69, 9.17) is 13.9 Å². The molecule has 1 saturated heterocycles. The van der Waals surface area contributed by atoms with Gasteiger partial charge in [-0.1, -0.05) is 18.2 Å². The summed E-state index contributed by atoms with van der Waals surface area (Å²) in [5.41, 5.74) is 3.73. The summed E-state index contributed by atoms with van der Waals surface area (Å²) < 4.78 is 31.5. The zero-order valence-electron chi connectivity index (χ0n) is 22.9. The number of carboxylic acids is 1. The number of furan rings is 1. The minimum Gasteiger partial charge on any atom is -0.496 e. The summed E-state index contributed by atoms with van der Waals surface area (Å²) in [7, 11) is 1.66. The van der Waals surface area contributed by atoms with Crippen LogP contribution in [0.1, 0.15) is 47.9 Å². The minimum atomic E-state index is -0.944. The molecule has 1 N–H and O–H groups in total. The number of ether oxygens (including phenoxy) is 2. The summed E-state index contributed by atoms with van der Waals surface area (Å²) in [6.45, 7) is 4.34. The van der Waals surface area contributed by atoms with Gasteiger partial charge in [0, 0.05) is 24.4 Å². The number of benzene rings is 3. The number of aromatic carboxylic acids is 1. The van der Waals surface area contributed by atoms with Crippen LogP contribution in [0, 0.1) is 17.7 Å². The van der Waals surface area contributed by atoms with Crippen LogP contribution in [-0.4, -0.2) is 42.3 Å². The molecule has 4 aromatic rings. The van der Waals surface area contributed by atoms with Crippen LogP contribution in [0.3, 0.4) is 0 Å². The lowest BCUT2D eigenvalue weighted by atomic mass is 9.89. The molecule has 2 heterocycles. The van der Waals surface area contributed by atoms with E-state index in [2.05, 4.69) is 23.1 Å². The summed E-state index contributed by atoms with van der Waals surface area (Å²) in [6.07, 6.45) is 4.34. The fraction of sp³-hybridized carbons (Fsp3) is 0.364. The molecule has 6 nitrogen and oxygen atoms in total. The van der Waals surface area contributed by atoms with Crippen LogP contribution < -0.4 is 9.47 Å². The topological polar surface area (TPSA) is 72.1 Å². The van der Waals surface area contributed by atoms with Gasteiger partial charge in [0.1, 0.15) is 28.7 Å². The van der Waals surface area contributed by atoms with E-state index in [0.717, 1.165) is 78.1 Å². The average molecular weight is 544 g/mol. The fourth-order valence-electron chi connectivity index (χ4n) is 6.82. The standard InChI is InChI=1S/C33H34FNO5/c1-3-39-31-15-20(14-30(38-2)32(31)21-6-9-25(34)10-7-21)19-35-13-12-27-22(8-11-28(27)35)16-26-17-23-4-5-24(33(36)37)18-29(23)40-26/h4-7,9-10,14-15,17-18,22,27-28H,3,8,11-13,16,19H2,1-2H3,(H,36,37)/t22?,27-,28+/m0/s1. The number of carboxylic acid groups (broad SMARTS) is 1. The van der Waals surface area contributed by atoms with Gasteiger partial charge in [0.15, 0.2) is 0 Å². The summed E-state index contributed by atoms with van der Waals surface area (Å²) in [6, 6.07) is 18.3. The van der Waals surface area contributed by atoms with Gasteiger partial charge in [0.05, 0.1) is 24.8 Å². The maximum atomic E-state index is 13.6. The zero-order valence-corrected chi connectivity index (χ0v) is 22.9. The third kappa shape index (κ3) is 5.06. The number of rotatable bonds is 9. The van der Waals surface area contributed by atoms with Crippen molar-refractivity contribution in [1.29, 1.82) is 0 Å². The number of nitrogens with zero attached hydrogens (tertiary/aromatic N) is 1. The third-order valence-corrected chi connectivity index (χ3v) is 8.60. The second-order valence-electron chi connectivity index (χ2n) is 10.9. The Bertz CT molecular complexity index is 1530. The first-order valence-corrected chi connectivity index (χ1v) is 14.0. The highest BCUT2D eigenvalue weighted by Crippen LogP contribution is 2.46. The average Bonchev–Trinajstić information content (AvgIpc) is 3.65. The molecule has 7 heteroatoms. The Morgan fingerprint density at radius 3 is 2.60 bits per heavy atom. The van der Waals surface area contributed by atoms with Gasteiger partial charge in [-0.2, -0.15) is 0 Å². The van der Waals surface area contributed by atoms with Gasteiger partial charge in [0.25, 0.3) is 0 Å². The van der Waals surface area contributed by atoms with E-state index in [1.165, 1.54) is 12.1 Å². The zero-order chi connectivity index (χ0) is 27.8. The smallest absolute Gasteiger partial charge is 0.335 e. The van der Waals surface area contributed by atoms with Crippen LogP contribution in [-0.2, 0) is 13.0 Å². The molecule has 1 saturated carbocycles. The van der Waals surface area contributed by atoms with Crippen molar-refractivity contribution in [2.75, 3.05) is 20.3 Å². The predicted molar refractivity (Wildman–Crippen MR) is 151 cm³/mol. The summed E-state index contributed by atoms with van der Waals surface area (Å²) in [5.74, 6) is 2.34. The quantitative estimate of drug-likeness (QED) is 0.241. The molecular weight excluding hydrogens is 509 g/mol. The number of hydrogen-bond acceptors (Lipinski definition) is 5. The molecule has 3 aromatic carbocycles. The van der Waals surface area contributed by atoms with Crippen molar-refractivity contribution in [3.63, 3.8) is 0 Å². The molecule has 2 fully saturated rings. The van der Waals surface area contributed by atoms with Crippen LogP contribution in [0.15, 0.2) is 65.1 Å². The number of fused-ring (bicyclic) bond motifs is 2. The maximum absolute atomic E-state index is 13.6. The number of hydrogen-bond donors (Lipinski definition) is 1. The van der Waals surface area contributed by atoms with Crippen molar-refractivity contribution < 1.29 is 28.2 Å². The summed E-state index contributed by atoms with van der Waals surface area (Å²) in [5, 5.41) is 10.2. The van der Waals surface area contributed by atoms with E-state index in [-0.39, 0.29) is 11.4 Å². The Morgan fingerprint density at radius 2 is 1.85 bits per heavy atom. The molecule has 2 aliphatic rings. The monoisotopic (exact) mass is 543 g/mol. The van der Waals surface area contributed by atoms with Crippen molar-refractivity contribution in [3.8, 4) is 22.6 Å². The first-order chi connectivity index (χ1) is 19.4. The number of carbonyl (C=O) groups is 1. The largest absolute Gasteiger partial charge is 0.496 e. The van der Waals surface area contributed by atoms with E-state index in [0.29, 0.717) is 30.1 Å². The number of likely N-dealkylation sites (tertiary alicyclic amines) is 1. The normalized spacial score (nSPS) is 20.6. The van der Waals surface area contributed by atoms with Crippen LogP contribution >= 0.6 is 0 Å². The van der Waals surface area contributed by atoms with Gasteiger partial charge in [-0.15, -0.1) is 0 Å². The Labute approximate surface area is 233 Å². The van der Waals surface area contributed by atoms with Crippen molar-refractivity contribution in [2.24, 2.45) is 11.8 Å². The Morgan fingerprint density at radius 1 is 1.05 bits per heavy atom. The lowest BCUT2D eigenvalue weighted by Crippen LogP contribution is -2.30. The highest BCUT2D eigenvalue weighted by molar-refractivity contribution is 5.92. The molecule has 0 radical (unpaired) electrons. The lowest BCUT2D eigenvalue weighted by molar-refractivity contribution is 0.0697. The van der Waals surface area contributed by atoms with E-state index < -0.39 is 5.97 Å². The fourth-order valence-corrected chi connectivity index (χ4v) is 6.82. The molecule has 0 amide bonds. The van der Waals surface area contributed by atoms with E-state index in [1.54, 1.807) is 31.4 Å². The van der Waals surface area contributed by atoms with E-state index in [1.807, 2.05) is 13.0 Å². The molecule has 0 bridgehead atoms. The highest BCUT2D eigenvalue weighted by Gasteiger charge is 2.43. The van der Waals surface area contributed by atoms with Crippen molar-refractivity contribution in [2.45, 2.75) is 45.2 Å². The first kappa shape index (κ1) is 26.4. The van der Waals surface area contributed by atoms with Gasteiger partial charge >= 0.3 is 5.97 Å². The first-order valence-electron chi connectivity index (χ1n) is 14.0. The van der Waals surface area contributed by atoms with Crippen molar-refractivity contribution in [1.82, 2.24) is 4.90 Å². The Hall–Kier alpha value is -3.84. The van der Waals surface area contributed by atoms with Crippen LogP contribution in [0.25, 0.3) is 22.1 Å². The number of halogens is 1. The number of methoxy groups -OCH3 is 1. The molecular formula is C33H34FNO5. The molecule has 6 rings (SSSR count). The molecule has 3 atom stereocenters. The predicted octanol–water partition coefficient (Wildman–Crippen LogP) is 7.19. The Balaban J connectivity index is 1.18. The van der Waals surface area contributed by atoms with Crippen molar-refractivity contribution >= 4 is 16.9 Å². The molecule has 1 aliphatic heterocycles. The van der Waals surface area contributed by atoms with Gasteiger partial charge < -0.3 is 19.0 Å². The minimum absolute atomic E-state index is 0.246. The van der Waals surface area contributed by atoms with Gasteiger partial charge in [-0.25, -0.2) is 9.18 Å². The Kier molecular flexibility index (Phi) is 7.24. The summed E-state index contributed by atoms with van der Waals surface area (Å²) in [4.78, 5) is 13.9. The van der Waals surface area contributed by atoms with Crippen LogP contribution in [0.5, 0.6) is 11.5 Å². The van der Waals surface area contributed by atoms with Crippen LogP contribution in [0.2, 0.25) is 0 Å². The van der Waals surface area contributed by atoms with Gasteiger partial charge in [0.2, 0.25) is 0 Å². The molecule has 1 aromatic heterocycles. The molecule has 1 unspecified atom stereocenters. The van der Waals surface area contributed by atoms with E-state index in [9.17, 15) is 14.3 Å². The maximum Gasteiger partial charge on any atom is 0.335 e. The lowest BCUT2D eigenvalue weighted by Gasteiger charge is -2.25. The van der Waals surface area contributed by atoms with E-state index >= 15 is 0 Å². The third-order valence-electron chi connectivity index (χ3n) is 8.60. The van der Waals surface area contributed by atoms with Gasteiger partial charge in [-0.3, -0.25) is 4.90 Å². The SMILES string of the molecule is CCOc1cc(CN2CC[C@H]3C(Cc4cc5ccc(C(=O)O)cc5o4)CC[C@H]32)cc(OC)c1-c1ccc(F)cc1. The summed E-state index contributed by atoms with van der Waals surface area (Å²) >= 11 is 0. The van der Waals surface area contributed by atoms with Crippen molar-refractivity contribution in [3.05, 3.63) is 83.4 Å². The second kappa shape index (κ2) is 11.0. The highest BCUT2D eigenvalue weighted by atomic mass is 19.1. The van der Waals surface area contributed by atoms with Crippen LogP contribution in [0.4, 0.5) is 4.39 Å². The molecule has 1 aliphatic carbocycles. The molecule has 0 spiro atoms. The van der Waals surface area contributed by atoms with Gasteiger partial charge in [-0.05, 0) is 98.2 Å².